The molecule has 1 saturated carbocycles. The minimum atomic E-state index is -1.28. The number of nitrogens with one attached hydrogen (secondary N) is 1. The number of nitro benzene ring substituents is 1. The zero-order chi connectivity index (χ0) is 13.1. The second-order valence-electron chi connectivity index (χ2n) is 4.39. The predicted molar refractivity (Wildman–Crippen MR) is 65.9 cm³/mol. The maximum atomic E-state index is 11.0. The summed E-state index contributed by atoms with van der Waals surface area (Å²) in [5.74, 6) is -1.28. The van der Waals surface area contributed by atoms with E-state index in [2.05, 4.69) is 5.32 Å². The Kier molecular flexibility index (Phi) is 3.45. The molecule has 0 spiro atoms. The van der Waals surface area contributed by atoms with Crippen LogP contribution in [0.2, 0.25) is 0 Å². The van der Waals surface area contributed by atoms with Crippen molar-refractivity contribution >= 4 is 17.3 Å². The molecule has 0 saturated heterocycles. The van der Waals surface area contributed by atoms with Crippen molar-refractivity contribution < 1.29 is 14.8 Å². The van der Waals surface area contributed by atoms with Crippen LogP contribution >= 0.6 is 0 Å². The Bertz CT molecular complexity index is 481. The highest BCUT2D eigenvalue weighted by molar-refractivity contribution is 5.95. The largest absolute Gasteiger partial charge is 0.477 e. The van der Waals surface area contributed by atoms with Gasteiger partial charge in [-0.05, 0) is 25.0 Å². The fourth-order valence-electron chi connectivity index (χ4n) is 2.32. The first kappa shape index (κ1) is 12.3. The third kappa shape index (κ3) is 2.42. The van der Waals surface area contributed by atoms with Crippen LogP contribution in [0, 0.1) is 10.1 Å². The smallest absolute Gasteiger partial charge is 0.342 e. The maximum absolute atomic E-state index is 11.0. The van der Waals surface area contributed by atoms with Crippen molar-refractivity contribution in [3.05, 3.63) is 33.9 Å². The summed E-state index contributed by atoms with van der Waals surface area (Å²) in [6.07, 6.45) is 4.14. The molecule has 1 aliphatic rings. The van der Waals surface area contributed by atoms with Crippen molar-refractivity contribution in [3.8, 4) is 0 Å². The van der Waals surface area contributed by atoms with Crippen molar-refractivity contribution in [1.82, 2.24) is 0 Å². The number of carbonyl (C=O) groups is 1. The first-order valence-electron chi connectivity index (χ1n) is 5.87. The van der Waals surface area contributed by atoms with Crippen LogP contribution < -0.4 is 5.32 Å². The first-order valence-corrected chi connectivity index (χ1v) is 5.87. The third-order valence-corrected chi connectivity index (χ3v) is 3.16. The van der Waals surface area contributed by atoms with E-state index in [1.165, 1.54) is 12.1 Å². The van der Waals surface area contributed by atoms with E-state index in [-0.39, 0.29) is 17.3 Å². The quantitative estimate of drug-likeness (QED) is 0.633. The molecule has 1 aliphatic carbocycles. The molecule has 1 aromatic rings. The van der Waals surface area contributed by atoms with Crippen LogP contribution in [0.15, 0.2) is 18.2 Å². The second-order valence-corrected chi connectivity index (χ2v) is 4.39. The third-order valence-electron chi connectivity index (χ3n) is 3.16. The molecule has 96 valence electrons. The predicted octanol–water partition coefficient (Wildman–Crippen LogP) is 2.65. The van der Waals surface area contributed by atoms with Gasteiger partial charge in [-0.25, -0.2) is 4.79 Å². The van der Waals surface area contributed by atoms with Crippen molar-refractivity contribution in [1.29, 1.82) is 0 Å². The molecular formula is C12H14N2O4. The molecule has 0 amide bonds. The zero-order valence-corrected chi connectivity index (χ0v) is 9.76. The van der Waals surface area contributed by atoms with Crippen molar-refractivity contribution in [2.45, 2.75) is 31.7 Å². The number of carboxylic acid groups (broad SMARTS) is 1. The van der Waals surface area contributed by atoms with E-state index in [0.29, 0.717) is 5.69 Å². The minimum Gasteiger partial charge on any atom is -0.477 e. The number of carboxylic acids is 1. The van der Waals surface area contributed by atoms with Gasteiger partial charge in [-0.3, -0.25) is 10.1 Å². The van der Waals surface area contributed by atoms with Gasteiger partial charge in [-0.15, -0.1) is 0 Å². The molecule has 2 rings (SSSR count). The van der Waals surface area contributed by atoms with E-state index in [4.69, 9.17) is 5.11 Å². The summed E-state index contributed by atoms with van der Waals surface area (Å²) >= 11 is 0. The second kappa shape index (κ2) is 5.03. The lowest BCUT2D eigenvalue weighted by Crippen LogP contribution is -2.16. The fraction of sp³-hybridized carbons (Fsp3) is 0.417. The van der Waals surface area contributed by atoms with Gasteiger partial charge in [0.2, 0.25) is 0 Å². The number of rotatable bonds is 4. The van der Waals surface area contributed by atoms with Gasteiger partial charge < -0.3 is 10.4 Å². The Morgan fingerprint density at radius 1 is 1.39 bits per heavy atom. The lowest BCUT2D eigenvalue weighted by Gasteiger charge is -2.14. The highest BCUT2D eigenvalue weighted by atomic mass is 16.6. The number of benzene rings is 1. The Labute approximate surface area is 104 Å². The zero-order valence-electron chi connectivity index (χ0n) is 9.76. The van der Waals surface area contributed by atoms with E-state index in [9.17, 15) is 14.9 Å². The molecular weight excluding hydrogens is 236 g/mol. The summed E-state index contributed by atoms with van der Waals surface area (Å²) < 4.78 is 0. The van der Waals surface area contributed by atoms with Gasteiger partial charge in [-0.2, -0.15) is 0 Å². The van der Waals surface area contributed by atoms with Gasteiger partial charge >= 0.3 is 11.7 Å². The van der Waals surface area contributed by atoms with E-state index in [1.807, 2.05) is 0 Å². The number of nitrogens with zero attached hydrogens (tertiary/aromatic N) is 1. The molecule has 1 fully saturated rings. The Balaban J connectivity index is 2.36. The molecule has 2 N–H and O–H groups in total. The van der Waals surface area contributed by atoms with Gasteiger partial charge in [-0.1, -0.05) is 18.9 Å². The lowest BCUT2D eigenvalue weighted by molar-refractivity contribution is -0.384. The normalized spacial score (nSPS) is 15.6. The van der Waals surface area contributed by atoms with Crippen LogP contribution in [0.4, 0.5) is 11.4 Å². The Hall–Kier alpha value is -2.11. The number of hydrogen-bond donors (Lipinski definition) is 2. The van der Waals surface area contributed by atoms with Crippen LogP contribution in [0.25, 0.3) is 0 Å². The molecule has 18 heavy (non-hydrogen) atoms. The average molecular weight is 250 g/mol. The maximum Gasteiger partial charge on any atom is 0.342 e. The molecule has 0 radical (unpaired) electrons. The van der Waals surface area contributed by atoms with E-state index in [0.717, 1.165) is 25.7 Å². The van der Waals surface area contributed by atoms with Gasteiger partial charge in [0.15, 0.2) is 0 Å². The number of aromatic carboxylic acids is 1. The molecule has 0 atom stereocenters. The van der Waals surface area contributed by atoms with Crippen LogP contribution in [0.1, 0.15) is 36.0 Å². The number of nitro groups is 1. The van der Waals surface area contributed by atoms with E-state index < -0.39 is 10.9 Å². The molecule has 1 aromatic carbocycles. The SMILES string of the molecule is O=C(O)c1cccc(NC2CCCC2)c1[N+](=O)[O-]. The van der Waals surface area contributed by atoms with Gasteiger partial charge in [0.25, 0.3) is 0 Å². The summed E-state index contributed by atoms with van der Waals surface area (Å²) in [4.78, 5) is 21.4. The molecule has 0 aromatic heterocycles. The lowest BCUT2D eigenvalue weighted by atomic mass is 10.1. The summed E-state index contributed by atoms with van der Waals surface area (Å²) in [5, 5.41) is 23.1. The molecule has 0 heterocycles. The topological polar surface area (TPSA) is 92.5 Å². The number of hydrogen-bond acceptors (Lipinski definition) is 4. The van der Waals surface area contributed by atoms with Crippen molar-refractivity contribution in [3.63, 3.8) is 0 Å². The van der Waals surface area contributed by atoms with Gasteiger partial charge in [0.05, 0.1) is 4.92 Å². The van der Waals surface area contributed by atoms with Crippen molar-refractivity contribution in [2.75, 3.05) is 5.32 Å². The van der Waals surface area contributed by atoms with Crippen LogP contribution in [0.3, 0.4) is 0 Å². The number of anilines is 1. The minimum absolute atomic E-state index is 0.202. The summed E-state index contributed by atoms with van der Waals surface area (Å²) in [7, 11) is 0. The highest BCUT2D eigenvalue weighted by Crippen LogP contribution is 2.31. The standard InChI is InChI=1S/C12H14N2O4/c15-12(16)9-6-3-7-10(11(9)14(17)18)13-8-4-1-2-5-8/h3,6-8,13H,1-2,4-5H2,(H,15,16). The Morgan fingerprint density at radius 3 is 2.61 bits per heavy atom. The molecule has 0 bridgehead atoms. The van der Waals surface area contributed by atoms with Gasteiger partial charge in [0, 0.05) is 6.04 Å². The Morgan fingerprint density at radius 2 is 2.06 bits per heavy atom. The fourth-order valence-corrected chi connectivity index (χ4v) is 2.32. The average Bonchev–Trinajstić information content (AvgIpc) is 2.81. The monoisotopic (exact) mass is 250 g/mol. The van der Waals surface area contributed by atoms with Gasteiger partial charge in [0.1, 0.15) is 11.3 Å². The summed E-state index contributed by atoms with van der Waals surface area (Å²) in [6.45, 7) is 0. The van der Waals surface area contributed by atoms with Crippen LogP contribution in [-0.2, 0) is 0 Å². The summed E-state index contributed by atoms with van der Waals surface area (Å²) in [5.41, 5.74) is -0.327. The molecule has 6 nitrogen and oxygen atoms in total. The summed E-state index contributed by atoms with van der Waals surface area (Å²) in [6, 6.07) is 4.53. The highest BCUT2D eigenvalue weighted by Gasteiger charge is 2.26. The van der Waals surface area contributed by atoms with Crippen molar-refractivity contribution in [2.24, 2.45) is 0 Å². The first-order chi connectivity index (χ1) is 8.59. The van der Waals surface area contributed by atoms with E-state index in [1.54, 1.807) is 6.07 Å². The van der Waals surface area contributed by atoms with Crippen LogP contribution in [-0.4, -0.2) is 22.0 Å². The van der Waals surface area contributed by atoms with E-state index >= 15 is 0 Å². The number of para-hydroxylation sites is 1. The molecule has 0 aliphatic heterocycles. The molecule has 0 unspecified atom stereocenters. The van der Waals surface area contributed by atoms with Crippen LogP contribution in [0.5, 0.6) is 0 Å². The molecule has 6 heteroatoms.